The van der Waals surface area contributed by atoms with Crippen LogP contribution in [0.15, 0.2) is 0 Å². The van der Waals surface area contributed by atoms with E-state index in [1.165, 1.54) is 0 Å². The van der Waals surface area contributed by atoms with E-state index in [1.807, 2.05) is 0 Å². The summed E-state index contributed by atoms with van der Waals surface area (Å²) in [6, 6.07) is 0. The van der Waals surface area contributed by atoms with Crippen LogP contribution >= 0.6 is 0 Å². The van der Waals surface area contributed by atoms with Gasteiger partial charge in [-0.05, 0) is 13.3 Å². The average Bonchev–Trinajstić information content (AvgIpc) is 2.12. The summed E-state index contributed by atoms with van der Waals surface area (Å²) in [6.45, 7) is 5.34. The van der Waals surface area contributed by atoms with Gasteiger partial charge < -0.3 is 14.0 Å². The molecule has 1 atom stereocenters. The molecule has 2 rings (SSSR count). The Morgan fingerprint density at radius 2 is 1.86 bits per heavy atom. The van der Waals surface area contributed by atoms with Crippen molar-refractivity contribution in [3.05, 3.63) is 0 Å². The fraction of sp³-hybridized carbons (Fsp3) is 1.00. The van der Waals surface area contributed by atoms with Crippen molar-refractivity contribution in [3.8, 4) is 0 Å². The number of nitrogens with zero attached hydrogens (tertiary/aromatic N) is 1. The van der Waals surface area contributed by atoms with Crippen molar-refractivity contribution in [2.24, 2.45) is 0 Å². The lowest BCUT2D eigenvalue weighted by Gasteiger charge is -2.47. The summed E-state index contributed by atoms with van der Waals surface area (Å²) in [6.07, 6.45) is 3.51. The van der Waals surface area contributed by atoms with Crippen LogP contribution in [0.3, 0.4) is 0 Å². The van der Waals surface area contributed by atoms with Gasteiger partial charge >= 0.3 is 0 Å². The van der Waals surface area contributed by atoms with Gasteiger partial charge in [-0.25, -0.2) is 0 Å². The van der Waals surface area contributed by atoms with E-state index >= 15 is 0 Å². The highest BCUT2D eigenvalue weighted by atomic mass is 16.7. The lowest BCUT2D eigenvalue weighted by Crippen LogP contribution is -2.56. The van der Waals surface area contributed by atoms with Crippen molar-refractivity contribution in [2.45, 2.75) is 38.1 Å². The molecule has 2 heterocycles. The van der Waals surface area contributed by atoms with Crippen molar-refractivity contribution >= 4 is 0 Å². The molecule has 0 aromatic rings. The van der Waals surface area contributed by atoms with Gasteiger partial charge in [-0.15, -0.1) is 0 Å². The standard InChI is InChI=1S/C11H22NO2/c1-10-4-9-13-11(14-10)5-7-12(2,3)8-6-11/h10H,4-9H2,1-3H3/q+1. The summed E-state index contributed by atoms with van der Waals surface area (Å²) in [5.41, 5.74) is 0. The van der Waals surface area contributed by atoms with E-state index in [2.05, 4.69) is 21.0 Å². The van der Waals surface area contributed by atoms with E-state index in [0.29, 0.717) is 6.10 Å². The lowest BCUT2D eigenvalue weighted by atomic mass is 10.0. The number of hydrogen-bond acceptors (Lipinski definition) is 2. The molecule has 0 bridgehead atoms. The second-order valence-electron chi connectivity index (χ2n) is 5.36. The Labute approximate surface area is 86.6 Å². The molecule has 2 fully saturated rings. The molecule has 1 unspecified atom stereocenters. The van der Waals surface area contributed by atoms with Gasteiger partial charge in [0.1, 0.15) is 0 Å². The molecule has 2 saturated heterocycles. The molecule has 0 aromatic carbocycles. The molecule has 2 aliphatic heterocycles. The number of hydrogen-bond donors (Lipinski definition) is 0. The first-order valence-corrected chi connectivity index (χ1v) is 5.65. The second-order valence-corrected chi connectivity index (χ2v) is 5.36. The Bertz CT molecular complexity index is 205. The fourth-order valence-corrected chi connectivity index (χ4v) is 2.32. The third-order valence-electron chi connectivity index (χ3n) is 3.50. The van der Waals surface area contributed by atoms with E-state index < -0.39 is 0 Å². The van der Waals surface area contributed by atoms with E-state index in [-0.39, 0.29) is 5.79 Å². The van der Waals surface area contributed by atoms with E-state index in [0.717, 1.165) is 43.4 Å². The van der Waals surface area contributed by atoms with Crippen LogP contribution in [0.4, 0.5) is 0 Å². The number of ether oxygens (including phenoxy) is 2. The Hall–Kier alpha value is -0.120. The minimum atomic E-state index is -0.231. The van der Waals surface area contributed by atoms with E-state index in [1.54, 1.807) is 0 Å². The highest BCUT2D eigenvalue weighted by Gasteiger charge is 2.43. The van der Waals surface area contributed by atoms with Gasteiger partial charge in [-0.1, -0.05) is 0 Å². The quantitative estimate of drug-likeness (QED) is 0.550. The zero-order valence-corrected chi connectivity index (χ0v) is 9.58. The predicted octanol–water partition coefficient (Wildman–Crippen LogP) is 1.38. The lowest BCUT2D eigenvalue weighted by molar-refractivity contribution is -0.899. The molecule has 2 aliphatic rings. The molecule has 0 amide bonds. The van der Waals surface area contributed by atoms with Crippen LogP contribution in [-0.4, -0.2) is 50.2 Å². The van der Waals surface area contributed by atoms with E-state index in [9.17, 15) is 0 Å². The molecular formula is C11H22NO2+. The van der Waals surface area contributed by atoms with Crippen LogP contribution < -0.4 is 0 Å². The van der Waals surface area contributed by atoms with Gasteiger partial charge in [0.2, 0.25) is 0 Å². The van der Waals surface area contributed by atoms with Crippen molar-refractivity contribution in [1.29, 1.82) is 0 Å². The van der Waals surface area contributed by atoms with Gasteiger partial charge in [-0.3, -0.25) is 0 Å². The maximum Gasteiger partial charge on any atom is 0.179 e. The molecule has 0 aliphatic carbocycles. The van der Waals surface area contributed by atoms with Crippen LogP contribution in [0.2, 0.25) is 0 Å². The van der Waals surface area contributed by atoms with Crippen LogP contribution in [0.1, 0.15) is 26.2 Å². The summed E-state index contributed by atoms with van der Waals surface area (Å²) >= 11 is 0. The minimum absolute atomic E-state index is 0.231. The summed E-state index contributed by atoms with van der Waals surface area (Å²) < 4.78 is 12.9. The van der Waals surface area contributed by atoms with E-state index in [4.69, 9.17) is 9.47 Å². The summed E-state index contributed by atoms with van der Waals surface area (Å²) in [4.78, 5) is 0. The molecule has 0 aromatic heterocycles. The third kappa shape index (κ3) is 2.10. The first-order valence-electron chi connectivity index (χ1n) is 5.65. The third-order valence-corrected chi connectivity index (χ3v) is 3.50. The summed E-state index contributed by atoms with van der Waals surface area (Å²) in [7, 11) is 4.55. The van der Waals surface area contributed by atoms with Gasteiger partial charge in [0.15, 0.2) is 5.79 Å². The van der Waals surface area contributed by atoms with Crippen molar-refractivity contribution in [3.63, 3.8) is 0 Å². The zero-order valence-electron chi connectivity index (χ0n) is 9.58. The Kier molecular flexibility index (Phi) is 2.58. The molecule has 0 radical (unpaired) electrons. The fourth-order valence-electron chi connectivity index (χ4n) is 2.32. The maximum atomic E-state index is 5.98. The van der Waals surface area contributed by atoms with Crippen LogP contribution in [0, 0.1) is 0 Å². The number of rotatable bonds is 0. The Morgan fingerprint density at radius 3 is 2.43 bits per heavy atom. The van der Waals surface area contributed by atoms with Crippen LogP contribution in [0.25, 0.3) is 0 Å². The molecule has 1 spiro atoms. The minimum Gasteiger partial charge on any atom is -0.349 e. The topological polar surface area (TPSA) is 18.5 Å². The second kappa shape index (κ2) is 3.47. The molecule has 14 heavy (non-hydrogen) atoms. The Morgan fingerprint density at radius 1 is 1.21 bits per heavy atom. The molecule has 0 N–H and O–H groups in total. The highest BCUT2D eigenvalue weighted by Crippen LogP contribution is 2.34. The van der Waals surface area contributed by atoms with Crippen molar-refractivity contribution in [1.82, 2.24) is 0 Å². The molecule has 3 nitrogen and oxygen atoms in total. The maximum absolute atomic E-state index is 5.98. The van der Waals surface area contributed by atoms with Crippen molar-refractivity contribution in [2.75, 3.05) is 33.8 Å². The number of quaternary nitrogens is 1. The first kappa shape index (κ1) is 10.4. The largest absolute Gasteiger partial charge is 0.349 e. The van der Waals surface area contributed by atoms with Gasteiger partial charge in [0.05, 0.1) is 52.7 Å². The highest BCUT2D eigenvalue weighted by molar-refractivity contribution is 4.78. The predicted molar refractivity (Wildman–Crippen MR) is 54.9 cm³/mol. The Balaban J connectivity index is 1.98. The molecule has 82 valence electrons. The summed E-state index contributed by atoms with van der Waals surface area (Å²) in [5, 5.41) is 0. The zero-order chi connectivity index (χ0) is 10.2. The van der Waals surface area contributed by atoms with Gasteiger partial charge in [-0.2, -0.15) is 0 Å². The SMILES string of the molecule is CC1CCOC2(CC[N+](C)(C)CC2)O1. The molecule has 0 saturated carbocycles. The van der Waals surface area contributed by atoms with Gasteiger partial charge in [0, 0.05) is 0 Å². The number of piperidine rings is 1. The van der Waals surface area contributed by atoms with Crippen LogP contribution in [-0.2, 0) is 9.47 Å². The van der Waals surface area contributed by atoms with Crippen LogP contribution in [0.5, 0.6) is 0 Å². The molecular weight excluding hydrogens is 178 g/mol. The monoisotopic (exact) mass is 200 g/mol. The number of likely N-dealkylation sites (tertiary alicyclic amines) is 1. The normalized spacial score (nSPS) is 35.8. The van der Waals surface area contributed by atoms with Gasteiger partial charge in [0.25, 0.3) is 0 Å². The van der Waals surface area contributed by atoms with Crippen molar-refractivity contribution < 1.29 is 14.0 Å². The molecule has 3 heteroatoms. The smallest absolute Gasteiger partial charge is 0.179 e. The summed E-state index contributed by atoms with van der Waals surface area (Å²) in [5.74, 6) is -0.231. The average molecular weight is 200 g/mol. The first-order chi connectivity index (χ1) is 6.52.